The van der Waals surface area contributed by atoms with Gasteiger partial charge in [0.1, 0.15) is 6.04 Å². The van der Waals surface area contributed by atoms with E-state index in [-0.39, 0.29) is 23.9 Å². The van der Waals surface area contributed by atoms with Gasteiger partial charge in [0.25, 0.3) is 0 Å². The zero-order valence-corrected chi connectivity index (χ0v) is 17.6. The number of thioether (sulfide) groups is 1. The fraction of sp³-hybridized carbons (Fsp3) is 0.429. The van der Waals surface area contributed by atoms with Crippen LogP contribution in [-0.2, 0) is 9.59 Å². The van der Waals surface area contributed by atoms with E-state index in [1.807, 2.05) is 24.4 Å². The molecule has 0 aliphatic carbocycles. The molecule has 0 spiro atoms. The van der Waals surface area contributed by atoms with E-state index < -0.39 is 0 Å². The standard InChI is InChI=1S/C21H26N2O2S2/c1-4-19(24)23-13-26-12-17(23)21(25)22-20(18-6-5-11-27-18)16-9-7-15(8-10-16)14(2)3/h5-11,14,17,20H,4,12-13H2,1-3H3,(H,22,25). The minimum atomic E-state index is -0.389. The van der Waals surface area contributed by atoms with E-state index in [0.29, 0.717) is 24.0 Å². The molecule has 1 saturated heterocycles. The normalized spacial score (nSPS) is 17.9. The second-order valence-corrected chi connectivity index (χ2v) is 8.99. The van der Waals surface area contributed by atoms with Crippen LogP contribution in [0.15, 0.2) is 41.8 Å². The summed E-state index contributed by atoms with van der Waals surface area (Å²) < 4.78 is 0. The Labute approximate surface area is 169 Å². The molecule has 1 aliphatic rings. The Balaban J connectivity index is 1.82. The molecule has 144 valence electrons. The SMILES string of the molecule is CCC(=O)N1CSCC1C(=O)NC(c1ccc(C(C)C)cc1)c1cccs1. The summed E-state index contributed by atoms with van der Waals surface area (Å²) in [6.45, 7) is 6.18. The Kier molecular flexibility index (Phi) is 6.60. The number of thiophene rings is 1. The molecule has 27 heavy (non-hydrogen) atoms. The number of hydrogen-bond donors (Lipinski definition) is 1. The van der Waals surface area contributed by atoms with Gasteiger partial charge in [0, 0.05) is 17.1 Å². The molecule has 2 atom stereocenters. The monoisotopic (exact) mass is 402 g/mol. The van der Waals surface area contributed by atoms with Gasteiger partial charge in [0.05, 0.1) is 11.9 Å². The summed E-state index contributed by atoms with van der Waals surface area (Å²) in [6, 6.07) is 11.9. The summed E-state index contributed by atoms with van der Waals surface area (Å²) in [7, 11) is 0. The van der Waals surface area contributed by atoms with Crippen LogP contribution in [0.25, 0.3) is 0 Å². The van der Waals surface area contributed by atoms with E-state index in [9.17, 15) is 9.59 Å². The van der Waals surface area contributed by atoms with E-state index in [4.69, 9.17) is 0 Å². The molecule has 2 amide bonds. The van der Waals surface area contributed by atoms with Crippen LogP contribution < -0.4 is 5.32 Å². The Morgan fingerprint density at radius 2 is 1.89 bits per heavy atom. The van der Waals surface area contributed by atoms with Crippen LogP contribution >= 0.6 is 23.1 Å². The third-order valence-corrected chi connectivity index (χ3v) is 6.81. The second kappa shape index (κ2) is 8.93. The van der Waals surface area contributed by atoms with Crippen molar-refractivity contribution in [3.8, 4) is 0 Å². The van der Waals surface area contributed by atoms with E-state index in [2.05, 4.69) is 43.4 Å². The minimum Gasteiger partial charge on any atom is -0.343 e. The second-order valence-electron chi connectivity index (χ2n) is 7.01. The Morgan fingerprint density at radius 1 is 1.19 bits per heavy atom. The molecule has 0 radical (unpaired) electrons. The Bertz CT molecular complexity index is 772. The Morgan fingerprint density at radius 3 is 2.48 bits per heavy atom. The van der Waals surface area contributed by atoms with E-state index in [1.54, 1.807) is 28.0 Å². The fourth-order valence-corrected chi connectivity index (χ4v) is 5.18. The lowest BCUT2D eigenvalue weighted by atomic mass is 9.98. The van der Waals surface area contributed by atoms with Gasteiger partial charge in [-0.2, -0.15) is 0 Å². The molecule has 1 aromatic carbocycles. The Hall–Kier alpha value is -1.79. The van der Waals surface area contributed by atoms with Crippen LogP contribution in [0.5, 0.6) is 0 Å². The first-order valence-corrected chi connectivity index (χ1v) is 11.4. The summed E-state index contributed by atoms with van der Waals surface area (Å²) >= 11 is 3.27. The summed E-state index contributed by atoms with van der Waals surface area (Å²) in [5.74, 6) is 1.68. The quantitative estimate of drug-likeness (QED) is 0.780. The van der Waals surface area contributed by atoms with Gasteiger partial charge in [0.15, 0.2) is 0 Å². The van der Waals surface area contributed by atoms with Gasteiger partial charge in [-0.15, -0.1) is 23.1 Å². The molecule has 6 heteroatoms. The van der Waals surface area contributed by atoms with Gasteiger partial charge >= 0.3 is 0 Å². The predicted molar refractivity (Wildman–Crippen MR) is 113 cm³/mol. The zero-order valence-electron chi connectivity index (χ0n) is 16.0. The highest BCUT2D eigenvalue weighted by Gasteiger charge is 2.35. The van der Waals surface area contributed by atoms with Crippen LogP contribution in [0.2, 0.25) is 0 Å². The lowest BCUT2D eigenvalue weighted by molar-refractivity contribution is -0.138. The van der Waals surface area contributed by atoms with Crippen molar-refractivity contribution in [3.05, 3.63) is 57.8 Å². The lowest BCUT2D eigenvalue weighted by Gasteiger charge is -2.26. The zero-order chi connectivity index (χ0) is 19.4. The molecule has 1 aromatic heterocycles. The molecular formula is C21H26N2O2S2. The molecule has 3 rings (SSSR count). The summed E-state index contributed by atoms with van der Waals surface area (Å²) in [5.41, 5.74) is 2.34. The molecule has 2 unspecified atom stereocenters. The van der Waals surface area contributed by atoms with Crippen molar-refractivity contribution in [2.75, 3.05) is 11.6 Å². The number of nitrogens with zero attached hydrogens (tertiary/aromatic N) is 1. The van der Waals surface area contributed by atoms with Crippen LogP contribution in [-0.4, -0.2) is 34.4 Å². The van der Waals surface area contributed by atoms with Crippen molar-refractivity contribution in [2.24, 2.45) is 0 Å². The smallest absolute Gasteiger partial charge is 0.244 e. The van der Waals surface area contributed by atoms with Gasteiger partial charge in [-0.1, -0.05) is 51.1 Å². The van der Waals surface area contributed by atoms with Crippen LogP contribution in [0, 0.1) is 0 Å². The minimum absolute atomic E-state index is 0.0362. The van der Waals surface area contributed by atoms with Gasteiger partial charge in [-0.25, -0.2) is 0 Å². The average Bonchev–Trinajstić information content (AvgIpc) is 3.37. The van der Waals surface area contributed by atoms with Crippen molar-refractivity contribution >= 4 is 34.9 Å². The highest BCUT2D eigenvalue weighted by molar-refractivity contribution is 7.99. The molecular weight excluding hydrogens is 376 g/mol. The van der Waals surface area contributed by atoms with Gasteiger partial charge in [-0.05, 0) is 28.5 Å². The highest BCUT2D eigenvalue weighted by atomic mass is 32.2. The fourth-order valence-electron chi connectivity index (χ4n) is 3.19. The molecule has 4 nitrogen and oxygen atoms in total. The van der Waals surface area contributed by atoms with Crippen molar-refractivity contribution in [1.82, 2.24) is 10.2 Å². The number of amides is 2. The molecule has 0 bridgehead atoms. The highest BCUT2D eigenvalue weighted by Crippen LogP contribution is 2.29. The average molecular weight is 403 g/mol. The number of hydrogen-bond acceptors (Lipinski definition) is 4. The van der Waals surface area contributed by atoms with Crippen molar-refractivity contribution in [1.29, 1.82) is 0 Å². The molecule has 0 saturated carbocycles. The number of carbonyl (C=O) groups excluding carboxylic acids is 2. The van der Waals surface area contributed by atoms with Gasteiger partial charge in [0.2, 0.25) is 11.8 Å². The molecule has 1 aliphatic heterocycles. The van der Waals surface area contributed by atoms with E-state index in [1.165, 1.54) is 5.56 Å². The number of carbonyl (C=O) groups is 2. The maximum absolute atomic E-state index is 13.0. The van der Waals surface area contributed by atoms with Gasteiger partial charge < -0.3 is 10.2 Å². The number of rotatable bonds is 6. The first-order chi connectivity index (χ1) is 13.0. The predicted octanol–water partition coefficient (Wildman–Crippen LogP) is 4.39. The van der Waals surface area contributed by atoms with Crippen LogP contribution in [0.4, 0.5) is 0 Å². The third kappa shape index (κ3) is 4.55. The first kappa shape index (κ1) is 20.0. The van der Waals surface area contributed by atoms with Crippen molar-refractivity contribution in [3.63, 3.8) is 0 Å². The first-order valence-electron chi connectivity index (χ1n) is 9.32. The van der Waals surface area contributed by atoms with Crippen LogP contribution in [0.1, 0.15) is 55.2 Å². The maximum Gasteiger partial charge on any atom is 0.244 e. The largest absolute Gasteiger partial charge is 0.343 e. The maximum atomic E-state index is 13.0. The van der Waals surface area contributed by atoms with E-state index in [0.717, 1.165) is 10.4 Å². The topological polar surface area (TPSA) is 49.4 Å². The molecule has 1 fully saturated rings. The summed E-state index contributed by atoms with van der Waals surface area (Å²) in [4.78, 5) is 28.0. The van der Waals surface area contributed by atoms with E-state index >= 15 is 0 Å². The third-order valence-electron chi connectivity index (χ3n) is 4.86. The number of nitrogens with one attached hydrogen (secondary N) is 1. The molecule has 2 aromatic rings. The molecule has 2 heterocycles. The number of benzene rings is 1. The lowest BCUT2D eigenvalue weighted by Crippen LogP contribution is -2.48. The van der Waals surface area contributed by atoms with Crippen molar-refractivity contribution in [2.45, 2.75) is 45.2 Å². The molecule has 1 N–H and O–H groups in total. The summed E-state index contributed by atoms with van der Waals surface area (Å²) in [6.07, 6.45) is 0.426. The van der Waals surface area contributed by atoms with Crippen molar-refractivity contribution < 1.29 is 9.59 Å². The van der Waals surface area contributed by atoms with Gasteiger partial charge in [-0.3, -0.25) is 9.59 Å². The summed E-state index contributed by atoms with van der Waals surface area (Å²) in [5, 5.41) is 5.22. The van der Waals surface area contributed by atoms with Crippen LogP contribution in [0.3, 0.4) is 0 Å².